The number of hydrogen-bond donors (Lipinski definition) is 1. The predicted octanol–water partition coefficient (Wildman–Crippen LogP) is 2.93. The second-order valence-electron chi connectivity index (χ2n) is 7.68. The highest BCUT2D eigenvalue weighted by atomic mass is 16.5. The molecule has 0 radical (unpaired) electrons. The molecule has 4 rings (SSSR count). The Balaban J connectivity index is 1.28. The first-order chi connectivity index (χ1) is 15.8. The first-order valence-electron chi connectivity index (χ1n) is 11.1. The van der Waals surface area contributed by atoms with E-state index in [1.807, 2.05) is 36.4 Å². The Bertz CT molecular complexity index is 952. The summed E-state index contributed by atoms with van der Waals surface area (Å²) in [6, 6.07) is 15.9. The van der Waals surface area contributed by atoms with Crippen LogP contribution < -0.4 is 10.1 Å². The highest BCUT2D eigenvalue weighted by Crippen LogP contribution is 2.15. The van der Waals surface area contributed by atoms with Crippen molar-refractivity contribution in [2.24, 2.45) is 4.99 Å². The van der Waals surface area contributed by atoms with Gasteiger partial charge in [-0.25, -0.2) is 4.99 Å². The van der Waals surface area contributed by atoms with Gasteiger partial charge in [-0.15, -0.1) is 0 Å². The van der Waals surface area contributed by atoms with E-state index in [0.717, 1.165) is 67.9 Å². The van der Waals surface area contributed by atoms with Crippen LogP contribution in [-0.2, 0) is 19.7 Å². The van der Waals surface area contributed by atoms with Crippen molar-refractivity contribution in [3.05, 3.63) is 77.9 Å². The molecule has 0 bridgehead atoms. The molecule has 0 amide bonds. The van der Waals surface area contributed by atoms with Gasteiger partial charge in [-0.05, 0) is 36.8 Å². The fourth-order valence-electron chi connectivity index (χ4n) is 3.59. The van der Waals surface area contributed by atoms with E-state index in [0.29, 0.717) is 13.2 Å². The third kappa shape index (κ3) is 6.31. The number of hydrogen-bond acceptors (Lipinski definition) is 6. The molecule has 0 unspecified atom stereocenters. The van der Waals surface area contributed by atoms with Crippen molar-refractivity contribution < 1.29 is 9.26 Å². The number of rotatable bonds is 8. The molecule has 8 nitrogen and oxygen atoms in total. The minimum Gasteiger partial charge on any atom is -0.487 e. The highest BCUT2D eigenvalue weighted by molar-refractivity contribution is 5.80. The van der Waals surface area contributed by atoms with Crippen molar-refractivity contribution >= 4 is 5.96 Å². The van der Waals surface area contributed by atoms with Crippen LogP contribution in [-0.4, -0.2) is 58.6 Å². The molecule has 0 saturated carbocycles. The van der Waals surface area contributed by atoms with Gasteiger partial charge < -0.3 is 19.5 Å². The first-order valence-corrected chi connectivity index (χ1v) is 11.1. The van der Waals surface area contributed by atoms with Crippen molar-refractivity contribution in [1.29, 1.82) is 0 Å². The number of pyridine rings is 1. The molecule has 32 heavy (non-hydrogen) atoms. The quantitative estimate of drug-likeness (QED) is 0.431. The number of nitrogens with zero attached hydrogens (tertiary/aromatic N) is 5. The number of guanidine groups is 1. The van der Waals surface area contributed by atoms with Crippen LogP contribution >= 0.6 is 0 Å². The lowest BCUT2D eigenvalue weighted by atomic mass is 10.2. The Morgan fingerprint density at radius 3 is 2.59 bits per heavy atom. The summed E-state index contributed by atoms with van der Waals surface area (Å²) in [5.41, 5.74) is 3.04. The zero-order chi connectivity index (χ0) is 22.0. The van der Waals surface area contributed by atoms with Gasteiger partial charge in [-0.3, -0.25) is 9.88 Å². The van der Waals surface area contributed by atoms with Crippen LogP contribution in [0.25, 0.3) is 0 Å². The van der Waals surface area contributed by atoms with E-state index < -0.39 is 0 Å². The van der Waals surface area contributed by atoms with E-state index in [9.17, 15) is 0 Å². The lowest BCUT2D eigenvalue weighted by Crippen LogP contribution is -2.52. The van der Waals surface area contributed by atoms with Crippen molar-refractivity contribution in [3.8, 4) is 5.75 Å². The Hall–Kier alpha value is -3.39. The minimum atomic E-state index is 0.464. The second kappa shape index (κ2) is 11.3. The molecular weight excluding hydrogens is 404 g/mol. The molecule has 168 valence electrons. The Morgan fingerprint density at radius 1 is 1.06 bits per heavy atom. The topological polar surface area (TPSA) is 79.0 Å². The molecule has 8 heteroatoms. The van der Waals surface area contributed by atoms with E-state index in [-0.39, 0.29) is 0 Å². The molecule has 1 saturated heterocycles. The summed E-state index contributed by atoms with van der Waals surface area (Å²) in [7, 11) is 0. The Morgan fingerprint density at radius 2 is 1.91 bits per heavy atom. The monoisotopic (exact) mass is 434 g/mol. The summed E-state index contributed by atoms with van der Waals surface area (Å²) >= 11 is 0. The average molecular weight is 435 g/mol. The summed E-state index contributed by atoms with van der Waals surface area (Å²) in [6.07, 6.45) is 3.40. The smallest absolute Gasteiger partial charge is 0.194 e. The summed E-state index contributed by atoms with van der Waals surface area (Å²) in [5, 5.41) is 7.44. The van der Waals surface area contributed by atoms with Gasteiger partial charge in [0.25, 0.3) is 0 Å². The third-order valence-electron chi connectivity index (χ3n) is 5.33. The standard InChI is InChI=1S/C24H30N6O2/c1-2-25-24(30-14-12-29(13-15-30)18-21-10-16-32-28-21)27-17-20-6-8-23(9-7-20)31-19-22-5-3-4-11-26-22/h3-11,16H,2,12-15,17-19H2,1H3,(H,25,27). The van der Waals surface area contributed by atoms with E-state index in [1.165, 1.54) is 0 Å². The lowest BCUT2D eigenvalue weighted by Gasteiger charge is -2.36. The van der Waals surface area contributed by atoms with Crippen LogP contribution in [0, 0.1) is 0 Å². The molecular formula is C24H30N6O2. The van der Waals surface area contributed by atoms with Crippen LogP contribution in [0.1, 0.15) is 23.9 Å². The first kappa shape index (κ1) is 21.8. The molecule has 1 aromatic carbocycles. The van der Waals surface area contributed by atoms with Gasteiger partial charge in [-0.2, -0.15) is 0 Å². The van der Waals surface area contributed by atoms with Gasteiger partial charge in [0.05, 0.1) is 17.9 Å². The van der Waals surface area contributed by atoms with Gasteiger partial charge in [0, 0.05) is 51.5 Å². The van der Waals surface area contributed by atoms with Crippen LogP contribution in [0.4, 0.5) is 0 Å². The van der Waals surface area contributed by atoms with Gasteiger partial charge in [0.1, 0.15) is 18.6 Å². The molecule has 1 fully saturated rings. The fraction of sp³-hybridized carbons (Fsp3) is 0.375. The molecule has 1 N–H and O–H groups in total. The van der Waals surface area contributed by atoms with Gasteiger partial charge in [-0.1, -0.05) is 23.4 Å². The van der Waals surface area contributed by atoms with E-state index >= 15 is 0 Å². The molecule has 2 aromatic heterocycles. The highest BCUT2D eigenvalue weighted by Gasteiger charge is 2.20. The van der Waals surface area contributed by atoms with Crippen LogP contribution in [0.15, 0.2) is 70.5 Å². The van der Waals surface area contributed by atoms with E-state index in [1.54, 1.807) is 12.5 Å². The zero-order valence-corrected chi connectivity index (χ0v) is 18.5. The van der Waals surface area contributed by atoms with Crippen LogP contribution in [0.3, 0.4) is 0 Å². The number of nitrogens with one attached hydrogen (secondary N) is 1. The predicted molar refractivity (Wildman–Crippen MR) is 123 cm³/mol. The van der Waals surface area contributed by atoms with Crippen molar-refractivity contribution in [2.45, 2.75) is 26.6 Å². The lowest BCUT2D eigenvalue weighted by molar-refractivity contribution is 0.169. The normalized spacial score (nSPS) is 15.0. The van der Waals surface area contributed by atoms with Gasteiger partial charge in [0.15, 0.2) is 5.96 Å². The molecule has 1 aliphatic heterocycles. The number of aliphatic imine (C=N–C) groups is 1. The van der Waals surface area contributed by atoms with Crippen molar-refractivity contribution in [3.63, 3.8) is 0 Å². The molecule has 0 aliphatic carbocycles. The summed E-state index contributed by atoms with van der Waals surface area (Å²) in [5.74, 6) is 1.79. The number of benzene rings is 1. The number of piperazine rings is 1. The fourth-order valence-corrected chi connectivity index (χ4v) is 3.59. The molecule has 3 aromatic rings. The Labute approximate surface area is 188 Å². The third-order valence-corrected chi connectivity index (χ3v) is 5.33. The van der Waals surface area contributed by atoms with E-state index in [4.69, 9.17) is 14.3 Å². The maximum atomic E-state index is 5.82. The summed E-state index contributed by atoms with van der Waals surface area (Å²) < 4.78 is 10.8. The minimum absolute atomic E-state index is 0.464. The largest absolute Gasteiger partial charge is 0.487 e. The van der Waals surface area contributed by atoms with Gasteiger partial charge >= 0.3 is 0 Å². The van der Waals surface area contributed by atoms with Gasteiger partial charge in [0.2, 0.25) is 0 Å². The average Bonchev–Trinajstić information content (AvgIpc) is 3.35. The SMILES string of the molecule is CCNC(=NCc1ccc(OCc2ccccn2)cc1)N1CCN(Cc2ccon2)CC1. The van der Waals surface area contributed by atoms with Crippen molar-refractivity contribution in [2.75, 3.05) is 32.7 Å². The molecule has 0 atom stereocenters. The van der Waals surface area contributed by atoms with E-state index in [2.05, 4.69) is 44.3 Å². The molecule has 1 aliphatic rings. The summed E-state index contributed by atoms with van der Waals surface area (Å²) in [4.78, 5) is 13.9. The number of ether oxygens (including phenoxy) is 1. The summed E-state index contributed by atoms with van der Waals surface area (Å²) in [6.45, 7) is 8.68. The van der Waals surface area contributed by atoms with Crippen molar-refractivity contribution in [1.82, 2.24) is 25.3 Å². The number of aromatic nitrogens is 2. The second-order valence-corrected chi connectivity index (χ2v) is 7.68. The Kier molecular flexibility index (Phi) is 7.70. The molecule has 0 spiro atoms. The maximum Gasteiger partial charge on any atom is 0.194 e. The molecule has 3 heterocycles. The van der Waals surface area contributed by atoms with Crippen LogP contribution in [0.2, 0.25) is 0 Å². The maximum absolute atomic E-state index is 5.82. The van der Waals surface area contributed by atoms with Crippen LogP contribution in [0.5, 0.6) is 5.75 Å². The zero-order valence-electron chi connectivity index (χ0n) is 18.5.